The Kier molecular flexibility index (Phi) is 2.47. The number of hydrogen-bond donors (Lipinski definition) is 1. The Morgan fingerprint density at radius 3 is 2.96 bits per heavy atom. The van der Waals surface area contributed by atoms with Gasteiger partial charge in [-0.1, -0.05) is 24.3 Å². The van der Waals surface area contributed by atoms with E-state index in [2.05, 4.69) is 40.6 Å². The predicted octanol–water partition coefficient (Wildman–Crippen LogP) is 2.85. The molecular formula is C21H24N2O2. The van der Waals surface area contributed by atoms with E-state index in [1.807, 2.05) is 0 Å². The van der Waals surface area contributed by atoms with E-state index in [1.54, 1.807) is 0 Å². The number of methoxy groups -OCH3 is 1. The van der Waals surface area contributed by atoms with Crippen LogP contribution in [0.3, 0.4) is 0 Å². The smallest absolute Gasteiger partial charge is 0.335 e. The molecule has 2 saturated heterocycles. The van der Waals surface area contributed by atoms with Gasteiger partial charge in [-0.2, -0.15) is 0 Å². The number of benzene rings is 1. The molecule has 1 aromatic rings. The van der Waals surface area contributed by atoms with Crippen LogP contribution in [-0.4, -0.2) is 42.6 Å². The number of nitrogens with zero attached hydrogens (tertiary/aromatic N) is 1. The molecule has 3 heterocycles. The van der Waals surface area contributed by atoms with Crippen molar-refractivity contribution in [1.29, 1.82) is 0 Å². The molecule has 4 heteroatoms. The molecule has 2 bridgehead atoms. The van der Waals surface area contributed by atoms with Crippen LogP contribution < -0.4 is 5.32 Å². The number of rotatable bonds is 1. The van der Waals surface area contributed by atoms with Crippen LogP contribution in [0.4, 0.5) is 5.69 Å². The van der Waals surface area contributed by atoms with Crippen molar-refractivity contribution < 1.29 is 9.53 Å². The van der Waals surface area contributed by atoms with Gasteiger partial charge in [0.15, 0.2) is 0 Å². The Labute approximate surface area is 148 Å². The quantitative estimate of drug-likeness (QED) is 0.801. The highest BCUT2D eigenvalue weighted by Gasteiger charge is 2.76. The second kappa shape index (κ2) is 4.29. The fourth-order valence-corrected chi connectivity index (χ4v) is 7.41. The Balaban J connectivity index is 1.70. The molecule has 4 atom stereocenters. The van der Waals surface area contributed by atoms with E-state index in [-0.39, 0.29) is 22.3 Å². The molecule has 1 aromatic carbocycles. The molecule has 1 saturated carbocycles. The van der Waals surface area contributed by atoms with Crippen LogP contribution in [0.25, 0.3) is 0 Å². The summed E-state index contributed by atoms with van der Waals surface area (Å²) in [5.41, 5.74) is 3.42. The van der Waals surface area contributed by atoms with Gasteiger partial charge in [-0.15, -0.1) is 0 Å². The van der Waals surface area contributed by atoms with Crippen LogP contribution in [0, 0.1) is 5.41 Å². The van der Waals surface area contributed by atoms with Crippen molar-refractivity contribution >= 4 is 11.7 Å². The van der Waals surface area contributed by atoms with E-state index in [9.17, 15) is 4.79 Å². The van der Waals surface area contributed by atoms with Gasteiger partial charge in [-0.3, -0.25) is 4.90 Å². The number of anilines is 1. The van der Waals surface area contributed by atoms with E-state index < -0.39 is 0 Å². The summed E-state index contributed by atoms with van der Waals surface area (Å²) in [6.45, 7) is 2.35. The third kappa shape index (κ3) is 1.34. The minimum Gasteiger partial charge on any atom is -0.466 e. The highest BCUT2D eigenvalue weighted by molar-refractivity contribution is 5.95. The highest BCUT2D eigenvalue weighted by Crippen LogP contribution is 2.72. The molecule has 130 valence electrons. The number of carbonyl (C=O) groups excluding carboxylic acids is 1. The van der Waals surface area contributed by atoms with Crippen LogP contribution in [0.2, 0.25) is 0 Å². The maximum atomic E-state index is 12.8. The van der Waals surface area contributed by atoms with Crippen molar-refractivity contribution in [2.75, 3.05) is 25.5 Å². The van der Waals surface area contributed by atoms with Gasteiger partial charge < -0.3 is 10.1 Å². The Morgan fingerprint density at radius 2 is 2.08 bits per heavy atom. The molecule has 0 amide bonds. The van der Waals surface area contributed by atoms with Crippen LogP contribution in [0.15, 0.2) is 35.9 Å². The molecule has 3 fully saturated rings. The average Bonchev–Trinajstić information content (AvgIpc) is 3.19. The summed E-state index contributed by atoms with van der Waals surface area (Å²) in [7, 11) is 1.52. The summed E-state index contributed by atoms with van der Waals surface area (Å²) in [5, 5.41) is 3.86. The summed E-state index contributed by atoms with van der Waals surface area (Å²) < 4.78 is 5.26. The number of para-hydroxylation sites is 1. The fourth-order valence-electron chi connectivity index (χ4n) is 7.41. The topological polar surface area (TPSA) is 41.6 Å². The maximum absolute atomic E-state index is 12.8. The van der Waals surface area contributed by atoms with Gasteiger partial charge in [0, 0.05) is 22.6 Å². The zero-order valence-electron chi connectivity index (χ0n) is 14.7. The number of esters is 1. The Morgan fingerprint density at radius 1 is 1.20 bits per heavy atom. The first-order valence-corrected chi connectivity index (χ1v) is 9.60. The molecule has 3 aliphatic heterocycles. The average molecular weight is 336 g/mol. The van der Waals surface area contributed by atoms with Crippen molar-refractivity contribution in [2.45, 2.75) is 49.1 Å². The number of ether oxygens (including phenoxy) is 1. The van der Waals surface area contributed by atoms with Crippen molar-refractivity contribution in [3.63, 3.8) is 0 Å². The van der Waals surface area contributed by atoms with Gasteiger partial charge in [0.05, 0.1) is 18.2 Å². The monoisotopic (exact) mass is 336 g/mol. The van der Waals surface area contributed by atoms with Gasteiger partial charge >= 0.3 is 5.97 Å². The van der Waals surface area contributed by atoms with Gasteiger partial charge in [-0.05, 0) is 56.8 Å². The van der Waals surface area contributed by atoms with Crippen LogP contribution in [-0.2, 0) is 14.9 Å². The molecule has 0 radical (unpaired) electrons. The second-order valence-corrected chi connectivity index (χ2v) is 8.62. The number of hydrogen-bond acceptors (Lipinski definition) is 4. The normalized spacial score (nSPS) is 42.9. The van der Waals surface area contributed by atoms with Crippen LogP contribution >= 0.6 is 0 Å². The molecule has 3 aliphatic carbocycles. The van der Waals surface area contributed by atoms with Gasteiger partial charge in [0.2, 0.25) is 0 Å². The summed E-state index contributed by atoms with van der Waals surface area (Å²) >= 11 is 0. The Bertz CT molecular complexity index is 833. The summed E-state index contributed by atoms with van der Waals surface area (Å²) in [6.07, 6.45) is 8.12. The maximum Gasteiger partial charge on any atom is 0.335 e. The molecule has 4 nitrogen and oxygen atoms in total. The zero-order valence-corrected chi connectivity index (χ0v) is 14.7. The van der Waals surface area contributed by atoms with Crippen molar-refractivity contribution in [3.05, 3.63) is 41.5 Å². The van der Waals surface area contributed by atoms with Crippen LogP contribution in [0.1, 0.15) is 37.7 Å². The van der Waals surface area contributed by atoms with E-state index in [4.69, 9.17) is 4.74 Å². The number of fused-ring (bicyclic) bond motifs is 2. The first-order chi connectivity index (χ1) is 12.2. The SMILES string of the molecule is COC(=O)C1=C[C@@]23CCCN4CC[C@@]5(c6ccccc6N[C@]15CC2)[C@@H]43. The zero-order chi connectivity index (χ0) is 16.9. The lowest BCUT2D eigenvalue weighted by molar-refractivity contribution is -0.139. The lowest BCUT2D eigenvalue weighted by Gasteiger charge is -2.65. The summed E-state index contributed by atoms with van der Waals surface area (Å²) in [6, 6.07) is 9.28. The standard InChI is InChI=1S/C21H24N2O2/c1-25-17(24)15-13-19-7-4-11-23-12-10-20(18(19)23)14-5-2-3-6-16(14)22-21(15,20)9-8-19/h2-3,5-6,13,18,22H,4,7-12H2,1H3/t18-,19+,20+,21+/m0/s1. The van der Waals surface area contributed by atoms with E-state index in [0.29, 0.717) is 6.04 Å². The predicted molar refractivity (Wildman–Crippen MR) is 95.5 cm³/mol. The molecule has 7 rings (SSSR count). The van der Waals surface area contributed by atoms with Gasteiger partial charge in [-0.25, -0.2) is 4.79 Å². The fraction of sp³-hybridized carbons (Fsp3) is 0.571. The van der Waals surface area contributed by atoms with E-state index in [1.165, 1.54) is 44.2 Å². The van der Waals surface area contributed by atoms with Crippen molar-refractivity contribution in [3.8, 4) is 0 Å². The van der Waals surface area contributed by atoms with E-state index >= 15 is 0 Å². The lowest BCUT2D eigenvalue weighted by atomic mass is 9.43. The minimum absolute atomic E-state index is 0.0144. The number of piperidine rings is 1. The number of carbonyl (C=O) groups is 1. The molecule has 3 spiro atoms. The molecule has 25 heavy (non-hydrogen) atoms. The van der Waals surface area contributed by atoms with Gasteiger partial charge in [0.1, 0.15) is 0 Å². The third-order valence-electron chi connectivity index (χ3n) is 8.04. The lowest BCUT2D eigenvalue weighted by Crippen LogP contribution is -2.72. The second-order valence-electron chi connectivity index (χ2n) is 8.62. The first-order valence-electron chi connectivity index (χ1n) is 9.60. The van der Waals surface area contributed by atoms with Crippen molar-refractivity contribution in [2.24, 2.45) is 5.41 Å². The highest BCUT2D eigenvalue weighted by atomic mass is 16.5. The molecule has 1 N–H and O–H groups in total. The first kappa shape index (κ1) is 14.4. The Hall–Kier alpha value is -1.81. The summed E-state index contributed by atoms with van der Waals surface area (Å²) in [5.74, 6) is -0.138. The largest absolute Gasteiger partial charge is 0.466 e. The molecule has 0 unspecified atom stereocenters. The summed E-state index contributed by atoms with van der Waals surface area (Å²) in [4.78, 5) is 15.6. The van der Waals surface area contributed by atoms with E-state index in [0.717, 1.165) is 25.0 Å². The number of nitrogens with one attached hydrogen (secondary N) is 1. The van der Waals surface area contributed by atoms with Gasteiger partial charge in [0.25, 0.3) is 0 Å². The molecule has 6 aliphatic rings. The minimum atomic E-state index is -0.289. The molecular weight excluding hydrogens is 312 g/mol. The van der Waals surface area contributed by atoms with Crippen molar-refractivity contribution in [1.82, 2.24) is 4.90 Å². The third-order valence-corrected chi connectivity index (χ3v) is 8.04. The molecule has 0 aromatic heterocycles. The van der Waals surface area contributed by atoms with Crippen LogP contribution in [0.5, 0.6) is 0 Å².